The average Bonchev–Trinajstić information content (AvgIpc) is 3.30. The van der Waals surface area contributed by atoms with Gasteiger partial charge in [0.25, 0.3) is 5.91 Å². The van der Waals surface area contributed by atoms with E-state index in [0.717, 1.165) is 12.8 Å². The number of sulfonamides is 1. The van der Waals surface area contributed by atoms with Crippen LogP contribution in [0.2, 0.25) is 0 Å². The van der Waals surface area contributed by atoms with Gasteiger partial charge in [-0.15, -0.1) is 0 Å². The molecule has 1 aliphatic heterocycles. The Morgan fingerprint density at radius 1 is 1.25 bits per heavy atom. The Morgan fingerprint density at radius 2 is 1.80 bits per heavy atom. The molecule has 1 heterocycles. The molecule has 1 saturated carbocycles. The van der Waals surface area contributed by atoms with E-state index < -0.39 is 20.9 Å². The van der Waals surface area contributed by atoms with E-state index in [0.29, 0.717) is 31.8 Å². The highest BCUT2D eigenvalue weighted by Crippen LogP contribution is 2.42. The van der Waals surface area contributed by atoms with Gasteiger partial charge in [0.2, 0.25) is 10.0 Å². The fourth-order valence-corrected chi connectivity index (χ4v) is 4.08. The predicted octanol–water partition coefficient (Wildman–Crippen LogP) is 0.342. The zero-order valence-corrected chi connectivity index (χ0v) is 13.2. The normalized spacial score (nSPS) is 24.4. The van der Waals surface area contributed by atoms with Crippen molar-refractivity contribution < 1.29 is 17.9 Å². The van der Waals surface area contributed by atoms with Crippen molar-refractivity contribution in [1.82, 2.24) is 9.62 Å². The molecule has 0 aromatic rings. The Bertz CT molecular complexity index is 467. The first-order valence-electron chi connectivity index (χ1n) is 7.12. The number of nitrogens with one attached hydrogen (secondary N) is 1. The summed E-state index contributed by atoms with van der Waals surface area (Å²) in [6, 6.07) is 0. The topological polar surface area (TPSA) is 75.7 Å². The number of piperidine rings is 1. The number of nitrogens with zero attached hydrogens (tertiary/aromatic N) is 1. The molecule has 6 nitrogen and oxygen atoms in total. The van der Waals surface area contributed by atoms with Crippen molar-refractivity contribution in [1.29, 1.82) is 0 Å². The van der Waals surface area contributed by atoms with E-state index >= 15 is 0 Å². The number of rotatable bonds is 5. The minimum absolute atomic E-state index is 0.00260. The highest BCUT2D eigenvalue weighted by molar-refractivity contribution is 7.90. The van der Waals surface area contributed by atoms with Crippen LogP contribution in [0.3, 0.4) is 0 Å². The molecule has 2 rings (SSSR count). The van der Waals surface area contributed by atoms with Gasteiger partial charge in [-0.1, -0.05) is 0 Å². The first-order chi connectivity index (χ1) is 9.35. The number of methoxy groups -OCH3 is 1. The number of hydrogen-bond donors (Lipinski definition) is 1. The van der Waals surface area contributed by atoms with Crippen LogP contribution in [0.25, 0.3) is 0 Å². The van der Waals surface area contributed by atoms with Gasteiger partial charge in [0, 0.05) is 20.2 Å². The van der Waals surface area contributed by atoms with E-state index in [1.54, 1.807) is 12.0 Å². The smallest absolute Gasteiger partial charge is 0.254 e. The number of carbonyl (C=O) groups is 1. The first-order valence-corrected chi connectivity index (χ1v) is 8.66. The SMILES string of the molecule is CNS(=O)(=O)C1CCN(C(=O)C(C)(OC)C2CC2)CC1. The van der Waals surface area contributed by atoms with Gasteiger partial charge in [0.05, 0.1) is 5.25 Å². The molecule has 1 amide bonds. The zero-order chi connectivity index (χ0) is 15.0. The van der Waals surface area contributed by atoms with Crippen LogP contribution in [0.15, 0.2) is 0 Å². The monoisotopic (exact) mass is 304 g/mol. The zero-order valence-electron chi connectivity index (χ0n) is 12.4. The van der Waals surface area contributed by atoms with Crippen molar-refractivity contribution in [3.63, 3.8) is 0 Å². The summed E-state index contributed by atoms with van der Waals surface area (Å²) < 4.78 is 31.4. The van der Waals surface area contributed by atoms with E-state index in [4.69, 9.17) is 4.74 Å². The maximum atomic E-state index is 12.6. The van der Waals surface area contributed by atoms with Crippen molar-refractivity contribution in [2.24, 2.45) is 5.92 Å². The molecular weight excluding hydrogens is 280 g/mol. The standard InChI is InChI=1S/C13H24N2O4S/c1-13(19-3,10-4-5-10)12(16)15-8-6-11(7-9-15)20(17,18)14-2/h10-11,14H,4-9H2,1-3H3. The molecule has 0 spiro atoms. The minimum Gasteiger partial charge on any atom is -0.368 e. The van der Waals surface area contributed by atoms with Gasteiger partial charge in [0.15, 0.2) is 0 Å². The summed E-state index contributed by atoms with van der Waals surface area (Å²) in [5, 5.41) is -0.397. The van der Waals surface area contributed by atoms with Crippen molar-refractivity contribution in [2.75, 3.05) is 27.2 Å². The average molecular weight is 304 g/mol. The van der Waals surface area contributed by atoms with Crippen LogP contribution >= 0.6 is 0 Å². The molecule has 116 valence electrons. The van der Waals surface area contributed by atoms with Gasteiger partial charge < -0.3 is 9.64 Å². The van der Waals surface area contributed by atoms with Gasteiger partial charge in [-0.25, -0.2) is 13.1 Å². The van der Waals surface area contributed by atoms with Gasteiger partial charge in [0.1, 0.15) is 5.60 Å². The lowest BCUT2D eigenvalue weighted by Gasteiger charge is -2.37. The molecule has 0 aromatic heterocycles. The quantitative estimate of drug-likeness (QED) is 0.795. The second-order valence-corrected chi connectivity index (χ2v) is 7.99. The van der Waals surface area contributed by atoms with Crippen LogP contribution in [0, 0.1) is 5.92 Å². The number of hydrogen-bond acceptors (Lipinski definition) is 4. The maximum absolute atomic E-state index is 12.6. The van der Waals surface area contributed by atoms with E-state index in [-0.39, 0.29) is 5.91 Å². The molecule has 1 aliphatic carbocycles. The van der Waals surface area contributed by atoms with Crippen molar-refractivity contribution in [2.45, 2.75) is 43.5 Å². The fourth-order valence-electron chi connectivity index (χ4n) is 2.91. The van der Waals surface area contributed by atoms with Crippen LogP contribution in [0.5, 0.6) is 0 Å². The summed E-state index contributed by atoms with van der Waals surface area (Å²) in [5.41, 5.74) is -0.741. The fraction of sp³-hybridized carbons (Fsp3) is 0.923. The largest absolute Gasteiger partial charge is 0.368 e. The Balaban J connectivity index is 1.98. The Labute approximate surface area is 120 Å². The lowest BCUT2D eigenvalue weighted by Crippen LogP contribution is -2.53. The van der Waals surface area contributed by atoms with E-state index in [2.05, 4.69) is 4.72 Å². The Hall–Kier alpha value is -0.660. The molecule has 7 heteroatoms. The summed E-state index contributed by atoms with van der Waals surface area (Å²) in [5.74, 6) is 0.307. The molecule has 1 unspecified atom stereocenters. The number of carbonyl (C=O) groups excluding carboxylic acids is 1. The molecule has 2 aliphatic rings. The number of amides is 1. The highest BCUT2D eigenvalue weighted by atomic mass is 32.2. The summed E-state index contributed by atoms with van der Waals surface area (Å²) in [4.78, 5) is 14.3. The first kappa shape index (κ1) is 15.7. The van der Waals surface area contributed by atoms with Gasteiger partial charge >= 0.3 is 0 Å². The van der Waals surface area contributed by atoms with Crippen LogP contribution in [-0.4, -0.2) is 57.3 Å². The van der Waals surface area contributed by atoms with E-state index in [9.17, 15) is 13.2 Å². The second-order valence-electron chi connectivity index (χ2n) is 5.83. The van der Waals surface area contributed by atoms with Gasteiger partial charge in [-0.05, 0) is 45.6 Å². The predicted molar refractivity (Wildman–Crippen MR) is 75.7 cm³/mol. The number of ether oxygens (including phenoxy) is 1. The summed E-state index contributed by atoms with van der Waals surface area (Å²) in [6.45, 7) is 2.82. The minimum atomic E-state index is -3.23. The lowest BCUT2D eigenvalue weighted by molar-refractivity contribution is -0.156. The maximum Gasteiger partial charge on any atom is 0.254 e. The lowest BCUT2D eigenvalue weighted by atomic mass is 9.96. The van der Waals surface area contributed by atoms with Crippen LogP contribution in [-0.2, 0) is 19.6 Å². The second kappa shape index (κ2) is 5.61. The third-order valence-electron chi connectivity index (χ3n) is 4.66. The van der Waals surface area contributed by atoms with Gasteiger partial charge in [-0.3, -0.25) is 4.79 Å². The molecular formula is C13H24N2O4S. The molecule has 1 N–H and O–H groups in total. The molecule has 1 saturated heterocycles. The van der Waals surface area contributed by atoms with Crippen molar-refractivity contribution in [3.05, 3.63) is 0 Å². The van der Waals surface area contributed by atoms with Crippen LogP contribution in [0.4, 0.5) is 0 Å². The summed E-state index contributed by atoms with van der Waals surface area (Å²) in [6.07, 6.45) is 3.03. The van der Waals surface area contributed by atoms with Crippen molar-refractivity contribution >= 4 is 15.9 Å². The molecule has 0 radical (unpaired) electrons. The van der Waals surface area contributed by atoms with E-state index in [1.165, 1.54) is 7.05 Å². The third-order valence-corrected chi connectivity index (χ3v) is 6.58. The summed E-state index contributed by atoms with van der Waals surface area (Å²) in [7, 11) is -0.224. The number of likely N-dealkylation sites (tertiary alicyclic amines) is 1. The molecule has 1 atom stereocenters. The molecule has 0 aromatic carbocycles. The van der Waals surface area contributed by atoms with Gasteiger partial charge in [-0.2, -0.15) is 0 Å². The molecule has 20 heavy (non-hydrogen) atoms. The molecule has 0 bridgehead atoms. The van der Waals surface area contributed by atoms with Crippen LogP contribution in [0.1, 0.15) is 32.6 Å². The van der Waals surface area contributed by atoms with Crippen molar-refractivity contribution in [3.8, 4) is 0 Å². The van der Waals surface area contributed by atoms with E-state index in [1.807, 2.05) is 6.92 Å². The molecule has 2 fully saturated rings. The Kier molecular flexibility index (Phi) is 4.41. The summed E-state index contributed by atoms with van der Waals surface area (Å²) >= 11 is 0. The van der Waals surface area contributed by atoms with Crippen LogP contribution < -0.4 is 4.72 Å². The third kappa shape index (κ3) is 2.84. The Morgan fingerprint density at radius 3 is 2.20 bits per heavy atom. The highest BCUT2D eigenvalue weighted by Gasteiger charge is 2.49.